The van der Waals surface area contributed by atoms with Gasteiger partial charge in [-0.3, -0.25) is 19.8 Å². The number of nitro groups is 1. The number of hydrogen-bond donors (Lipinski definition) is 1. The number of nitrogens with zero attached hydrogens (tertiary/aromatic N) is 2. The number of methoxy groups -OCH3 is 1. The number of carbonyl (C=O) groups is 1. The van der Waals surface area contributed by atoms with Gasteiger partial charge in [0, 0.05) is 16.7 Å². The molecule has 0 atom stereocenters. The van der Waals surface area contributed by atoms with E-state index in [0.29, 0.717) is 10.7 Å². The molecule has 0 saturated carbocycles. The number of nitro benzene ring substituents is 1. The first-order valence-electron chi connectivity index (χ1n) is 7.40. The first kappa shape index (κ1) is 19.2. The molecule has 0 aromatic heterocycles. The fourth-order valence-electron chi connectivity index (χ4n) is 2.43. The van der Waals surface area contributed by atoms with Crippen LogP contribution in [0.2, 0.25) is 5.02 Å². The maximum Gasteiger partial charge on any atom is 0.274 e. The van der Waals surface area contributed by atoms with Gasteiger partial charge in [-0.05, 0) is 24.3 Å². The topological polar surface area (TPSA) is 92.9 Å². The van der Waals surface area contributed by atoms with Crippen molar-refractivity contribution in [2.24, 2.45) is 0 Å². The van der Waals surface area contributed by atoms with Crippen LogP contribution in [0.4, 0.5) is 11.4 Å². The van der Waals surface area contributed by atoms with Gasteiger partial charge in [-0.15, -0.1) is 0 Å². The first-order valence-corrected chi connectivity index (χ1v) is 9.01. The molecule has 7 nitrogen and oxygen atoms in total. The van der Waals surface area contributed by atoms with E-state index in [1.54, 1.807) is 24.3 Å². The van der Waals surface area contributed by atoms with Crippen LogP contribution in [-0.2, 0) is 4.79 Å². The normalized spacial score (nSPS) is 15.5. The molecule has 1 aliphatic rings. The predicted octanol–water partition coefficient (Wildman–Crippen LogP) is 4.37. The fraction of sp³-hybridized carbons (Fsp3) is 0.0588. The zero-order valence-electron chi connectivity index (χ0n) is 13.7. The van der Waals surface area contributed by atoms with Gasteiger partial charge < -0.3 is 9.84 Å². The van der Waals surface area contributed by atoms with Crippen LogP contribution in [0, 0.1) is 10.1 Å². The summed E-state index contributed by atoms with van der Waals surface area (Å²) in [5, 5.41) is 21.8. The average Bonchev–Trinajstić information content (AvgIpc) is 2.90. The van der Waals surface area contributed by atoms with Crippen molar-refractivity contribution in [3.63, 3.8) is 0 Å². The summed E-state index contributed by atoms with van der Waals surface area (Å²) in [4.78, 5) is 24.8. The summed E-state index contributed by atoms with van der Waals surface area (Å²) >= 11 is 12.3. The molecule has 1 saturated heterocycles. The van der Waals surface area contributed by atoms with Crippen molar-refractivity contribution in [2.75, 3.05) is 12.0 Å². The van der Waals surface area contributed by atoms with Gasteiger partial charge >= 0.3 is 0 Å². The molecular formula is C17H11ClN2O5S2. The van der Waals surface area contributed by atoms with Crippen molar-refractivity contribution >= 4 is 63.3 Å². The van der Waals surface area contributed by atoms with E-state index in [9.17, 15) is 20.0 Å². The van der Waals surface area contributed by atoms with Gasteiger partial charge in [0.25, 0.3) is 11.6 Å². The number of rotatable bonds is 4. The Morgan fingerprint density at radius 2 is 2.11 bits per heavy atom. The summed E-state index contributed by atoms with van der Waals surface area (Å²) in [7, 11) is 1.28. The smallest absolute Gasteiger partial charge is 0.274 e. The summed E-state index contributed by atoms with van der Waals surface area (Å²) in [6, 6.07) is 8.91. The van der Waals surface area contributed by atoms with Crippen LogP contribution >= 0.6 is 35.6 Å². The van der Waals surface area contributed by atoms with Crippen LogP contribution in [0.25, 0.3) is 6.08 Å². The second kappa shape index (κ2) is 7.55. The lowest BCUT2D eigenvalue weighted by Gasteiger charge is -2.14. The van der Waals surface area contributed by atoms with Gasteiger partial charge in [0.05, 0.1) is 28.7 Å². The maximum atomic E-state index is 12.8. The third-order valence-electron chi connectivity index (χ3n) is 3.67. The van der Waals surface area contributed by atoms with Gasteiger partial charge in [0.1, 0.15) is 0 Å². The molecule has 1 N–H and O–H groups in total. The van der Waals surface area contributed by atoms with Gasteiger partial charge in [-0.25, -0.2) is 0 Å². The molecule has 0 radical (unpaired) electrons. The van der Waals surface area contributed by atoms with Crippen molar-refractivity contribution in [1.82, 2.24) is 0 Å². The van der Waals surface area contributed by atoms with E-state index in [0.717, 1.165) is 23.9 Å². The summed E-state index contributed by atoms with van der Waals surface area (Å²) in [5.74, 6) is -0.797. The Hall–Kier alpha value is -2.62. The predicted molar refractivity (Wildman–Crippen MR) is 108 cm³/mol. The Kier molecular flexibility index (Phi) is 5.36. The molecule has 0 bridgehead atoms. The molecule has 138 valence electrons. The van der Waals surface area contributed by atoms with Crippen molar-refractivity contribution in [1.29, 1.82) is 0 Å². The number of thioether (sulfide) groups is 1. The summed E-state index contributed by atoms with van der Waals surface area (Å²) in [6.07, 6.45) is 1.34. The van der Waals surface area contributed by atoms with Crippen LogP contribution in [0.1, 0.15) is 5.56 Å². The standard InChI is InChI=1S/C17H11ClN2O5S2/c1-25-13-8-12(20(23)24)5-9(15(13)21)6-14-16(22)19(17(26)27-14)11-4-2-3-10(18)7-11/h2-8,21H,1H3. The lowest BCUT2D eigenvalue weighted by molar-refractivity contribution is -0.385. The third-order valence-corrected chi connectivity index (χ3v) is 5.20. The molecular weight excluding hydrogens is 412 g/mol. The third kappa shape index (κ3) is 3.75. The average molecular weight is 423 g/mol. The quantitative estimate of drug-likeness (QED) is 0.338. The SMILES string of the molecule is COc1cc([N+](=O)[O-])cc(C=C2SC(=S)N(c3cccc(Cl)c3)C2=O)c1O. The van der Waals surface area contributed by atoms with E-state index in [1.807, 2.05) is 0 Å². The Balaban J connectivity index is 2.04. The minimum absolute atomic E-state index is 0.0687. The van der Waals surface area contributed by atoms with Gasteiger partial charge in [0.2, 0.25) is 0 Å². The highest BCUT2D eigenvalue weighted by Crippen LogP contribution is 2.40. The lowest BCUT2D eigenvalue weighted by atomic mass is 10.1. The Bertz CT molecular complexity index is 1010. The summed E-state index contributed by atoms with van der Waals surface area (Å²) < 4.78 is 5.25. The number of hydrogen-bond acceptors (Lipinski definition) is 7. The van der Waals surface area contributed by atoms with Crippen LogP contribution in [0.5, 0.6) is 11.5 Å². The number of ether oxygens (including phenoxy) is 1. The van der Waals surface area contributed by atoms with Gasteiger partial charge in [-0.2, -0.15) is 0 Å². The molecule has 1 aliphatic heterocycles. The molecule has 2 aromatic rings. The minimum Gasteiger partial charge on any atom is -0.504 e. The van der Waals surface area contributed by atoms with Crippen LogP contribution < -0.4 is 9.64 Å². The Labute approximate surface area is 168 Å². The highest BCUT2D eigenvalue weighted by Gasteiger charge is 2.34. The number of non-ortho nitro benzene ring substituents is 1. The van der Waals surface area contributed by atoms with Crippen LogP contribution in [0.3, 0.4) is 0 Å². The second-order valence-electron chi connectivity index (χ2n) is 5.34. The van der Waals surface area contributed by atoms with Gasteiger partial charge in [0.15, 0.2) is 15.8 Å². The second-order valence-corrected chi connectivity index (χ2v) is 7.45. The number of phenols is 1. The van der Waals surface area contributed by atoms with E-state index < -0.39 is 10.8 Å². The van der Waals surface area contributed by atoms with Gasteiger partial charge in [-0.1, -0.05) is 41.6 Å². The van der Waals surface area contributed by atoms with Crippen LogP contribution in [-0.4, -0.2) is 27.4 Å². The van der Waals surface area contributed by atoms with E-state index in [1.165, 1.54) is 18.1 Å². The summed E-state index contributed by atoms with van der Waals surface area (Å²) in [5.41, 5.74) is 0.308. The molecule has 1 amide bonds. The van der Waals surface area contributed by atoms with Crippen molar-refractivity contribution in [3.05, 3.63) is 62.0 Å². The molecule has 0 aliphatic carbocycles. The van der Waals surface area contributed by atoms with Crippen molar-refractivity contribution in [3.8, 4) is 11.5 Å². The molecule has 0 spiro atoms. The highest BCUT2D eigenvalue weighted by molar-refractivity contribution is 8.27. The molecule has 1 fully saturated rings. The maximum absolute atomic E-state index is 12.8. The largest absolute Gasteiger partial charge is 0.504 e. The van der Waals surface area contributed by atoms with E-state index in [4.69, 9.17) is 28.6 Å². The number of aromatic hydroxyl groups is 1. The number of amides is 1. The zero-order valence-corrected chi connectivity index (χ0v) is 16.1. The lowest BCUT2D eigenvalue weighted by Crippen LogP contribution is -2.27. The first-order chi connectivity index (χ1) is 12.8. The number of anilines is 1. The monoisotopic (exact) mass is 422 g/mol. The number of carbonyl (C=O) groups excluding carboxylic acids is 1. The number of benzene rings is 2. The van der Waals surface area contributed by atoms with Crippen LogP contribution in [0.15, 0.2) is 41.3 Å². The minimum atomic E-state index is -0.615. The van der Waals surface area contributed by atoms with E-state index in [-0.39, 0.29) is 32.0 Å². The van der Waals surface area contributed by atoms with Crippen molar-refractivity contribution in [2.45, 2.75) is 0 Å². The molecule has 0 unspecified atom stereocenters. The van der Waals surface area contributed by atoms with Crippen molar-refractivity contribution < 1.29 is 19.6 Å². The Morgan fingerprint density at radius 1 is 1.37 bits per heavy atom. The number of phenolic OH excluding ortho intramolecular Hbond substituents is 1. The number of thiocarbonyl (C=S) groups is 1. The molecule has 3 rings (SSSR count). The molecule has 27 heavy (non-hydrogen) atoms. The fourth-order valence-corrected chi connectivity index (χ4v) is 3.91. The molecule has 1 heterocycles. The molecule has 10 heteroatoms. The van der Waals surface area contributed by atoms with E-state index >= 15 is 0 Å². The Morgan fingerprint density at radius 3 is 2.74 bits per heavy atom. The summed E-state index contributed by atoms with van der Waals surface area (Å²) in [6.45, 7) is 0. The molecule has 2 aromatic carbocycles. The number of halogens is 1. The highest BCUT2D eigenvalue weighted by atomic mass is 35.5. The van der Waals surface area contributed by atoms with E-state index in [2.05, 4.69) is 0 Å². The zero-order chi connectivity index (χ0) is 19.7.